The van der Waals surface area contributed by atoms with E-state index < -0.39 is 11.7 Å². The van der Waals surface area contributed by atoms with Crippen LogP contribution in [0, 0.1) is 18.2 Å². The Morgan fingerprint density at radius 2 is 2.14 bits per heavy atom. The lowest BCUT2D eigenvalue weighted by Crippen LogP contribution is -2.23. The van der Waals surface area contributed by atoms with E-state index in [4.69, 9.17) is 6.42 Å². The summed E-state index contributed by atoms with van der Waals surface area (Å²) in [6.45, 7) is -0.00701. The molecular weight excluding hydrogens is 185 g/mol. The zero-order valence-corrected chi connectivity index (χ0v) is 7.29. The molecule has 1 aromatic carbocycles. The molecule has 0 saturated carbocycles. The minimum absolute atomic E-state index is 0.00701. The van der Waals surface area contributed by atoms with Gasteiger partial charge < -0.3 is 0 Å². The second-order valence-corrected chi connectivity index (χ2v) is 2.43. The molecule has 4 heteroatoms. The van der Waals surface area contributed by atoms with Crippen LogP contribution >= 0.6 is 0 Å². The molecule has 1 rings (SSSR count). The molecule has 0 atom stereocenters. The van der Waals surface area contributed by atoms with E-state index in [1.165, 1.54) is 24.3 Å². The molecule has 72 valence electrons. The van der Waals surface area contributed by atoms with E-state index in [9.17, 15) is 9.18 Å². The molecule has 0 radical (unpaired) electrons. The van der Waals surface area contributed by atoms with Gasteiger partial charge in [-0.05, 0) is 24.3 Å². The van der Waals surface area contributed by atoms with Gasteiger partial charge in [-0.25, -0.2) is 9.87 Å². The van der Waals surface area contributed by atoms with Gasteiger partial charge in [0.1, 0.15) is 12.4 Å². The van der Waals surface area contributed by atoms with Gasteiger partial charge in [0, 0.05) is 5.56 Å². The number of hydrogen-bond donors (Lipinski definition) is 1. The number of nitrogens with one attached hydrogen (secondary N) is 1. The summed E-state index contributed by atoms with van der Waals surface area (Å²) in [6.07, 6.45) is 4.90. The van der Waals surface area contributed by atoms with E-state index in [-0.39, 0.29) is 6.61 Å². The van der Waals surface area contributed by atoms with Crippen molar-refractivity contribution in [3.05, 3.63) is 35.6 Å². The van der Waals surface area contributed by atoms with Crippen LogP contribution in [-0.2, 0) is 4.84 Å². The molecule has 3 nitrogen and oxygen atoms in total. The standard InChI is InChI=1S/C10H8FNO2/c1-2-7-14-12-10(13)8-3-5-9(11)6-4-8/h1,3-6H,7H2,(H,12,13). The average Bonchev–Trinajstić information content (AvgIpc) is 2.19. The summed E-state index contributed by atoms with van der Waals surface area (Å²) < 4.78 is 12.5. The summed E-state index contributed by atoms with van der Waals surface area (Å²) in [5.74, 6) is 1.33. The highest BCUT2D eigenvalue weighted by Gasteiger charge is 2.03. The van der Waals surface area contributed by atoms with E-state index in [1.54, 1.807) is 0 Å². The first-order valence-electron chi connectivity index (χ1n) is 3.85. The molecule has 0 heterocycles. The zero-order valence-electron chi connectivity index (χ0n) is 7.29. The molecule has 0 spiro atoms. The van der Waals surface area contributed by atoms with Crippen molar-refractivity contribution in [2.24, 2.45) is 0 Å². The van der Waals surface area contributed by atoms with Crippen molar-refractivity contribution in [1.29, 1.82) is 0 Å². The topological polar surface area (TPSA) is 38.3 Å². The molecule has 0 aliphatic rings. The van der Waals surface area contributed by atoms with Gasteiger partial charge >= 0.3 is 0 Å². The Labute approximate surface area is 80.8 Å². The van der Waals surface area contributed by atoms with Crippen LogP contribution in [0.5, 0.6) is 0 Å². The summed E-state index contributed by atoms with van der Waals surface area (Å²) in [4.78, 5) is 15.8. The third-order valence-corrected chi connectivity index (χ3v) is 1.43. The predicted molar refractivity (Wildman–Crippen MR) is 48.7 cm³/mol. The number of hydroxylamine groups is 1. The number of rotatable bonds is 3. The van der Waals surface area contributed by atoms with E-state index in [1.807, 2.05) is 0 Å². The summed E-state index contributed by atoms with van der Waals surface area (Å²) in [5, 5.41) is 0. The Hall–Kier alpha value is -1.86. The molecular formula is C10H8FNO2. The van der Waals surface area contributed by atoms with Crippen molar-refractivity contribution < 1.29 is 14.0 Å². The minimum atomic E-state index is -0.458. The maximum absolute atomic E-state index is 12.5. The first-order valence-corrected chi connectivity index (χ1v) is 3.85. The lowest BCUT2D eigenvalue weighted by molar-refractivity contribution is 0.0438. The van der Waals surface area contributed by atoms with E-state index in [2.05, 4.69) is 16.2 Å². The molecule has 14 heavy (non-hydrogen) atoms. The highest BCUT2D eigenvalue weighted by atomic mass is 19.1. The monoisotopic (exact) mass is 193 g/mol. The van der Waals surface area contributed by atoms with Crippen LogP contribution in [-0.4, -0.2) is 12.5 Å². The van der Waals surface area contributed by atoms with Gasteiger partial charge in [-0.3, -0.25) is 9.63 Å². The molecule has 0 aliphatic carbocycles. The number of hydrogen-bond acceptors (Lipinski definition) is 2. The van der Waals surface area contributed by atoms with E-state index >= 15 is 0 Å². The van der Waals surface area contributed by atoms with Gasteiger partial charge in [-0.2, -0.15) is 0 Å². The number of amides is 1. The molecule has 0 saturated heterocycles. The van der Waals surface area contributed by atoms with Crippen molar-refractivity contribution in [2.45, 2.75) is 0 Å². The number of carbonyl (C=O) groups is 1. The van der Waals surface area contributed by atoms with Gasteiger partial charge in [0.2, 0.25) is 0 Å². The van der Waals surface area contributed by atoms with Crippen molar-refractivity contribution in [1.82, 2.24) is 5.48 Å². The van der Waals surface area contributed by atoms with Gasteiger partial charge in [0.15, 0.2) is 0 Å². The zero-order chi connectivity index (χ0) is 10.4. The Kier molecular flexibility index (Phi) is 3.65. The highest BCUT2D eigenvalue weighted by Crippen LogP contribution is 2.01. The molecule has 1 aromatic rings. The van der Waals surface area contributed by atoms with Crippen molar-refractivity contribution in [3.8, 4) is 12.3 Å². The molecule has 0 bridgehead atoms. The third kappa shape index (κ3) is 2.88. The van der Waals surface area contributed by atoms with Crippen LogP contribution in [0.3, 0.4) is 0 Å². The van der Waals surface area contributed by atoms with Crippen LogP contribution in [0.15, 0.2) is 24.3 Å². The first kappa shape index (κ1) is 10.2. The summed E-state index contributed by atoms with van der Waals surface area (Å²) in [7, 11) is 0. The number of halogens is 1. The number of carbonyl (C=O) groups excluding carboxylic acids is 1. The van der Waals surface area contributed by atoms with Crippen LogP contribution in [0.25, 0.3) is 0 Å². The van der Waals surface area contributed by atoms with Crippen molar-refractivity contribution in [3.63, 3.8) is 0 Å². The molecule has 0 aliphatic heterocycles. The third-order valence-electron chi connectivity index (χ3n) is 1.43. The Balaban J connectivity index is 2.53. The fourth-order valence-corrected chi connectivity index (χ4v) is 0.803. The summed E-state index contributed by atoms with van der Waals surface area (Å²) in [5.41, 5.74) is 2.42. The lowest BCUT2D eigenvalue weighted by atomic mass is 10.2. The van der Waals surface area contributed by atoms with Gasteiger partial charge in [-0.15, -0.1) is 6.42 Å². The van der Waals surface area contributed by atoms with Crippen LogP contribution in [0.1, 0.15) is 10.4 Å². The molecule has 1 amide bonds. The van der Waals surface area contributed by atoms with Gasteiger partial charge in [-0.1, -0.05) is 5.92 Å². The van der Waals surface area contributed by atoms with Crippen LogP contribution in [0.4, 0.5) is 4.39 Å². The largest absolute Gasteiger partial charge is 0.274 e. The fraction of sp³-hybridized carbons (Fsp3) is 0.100. The molecule has 0 aromatic heterocycles. The minimum Gasteiger partial charge on any atom is -0.267 e. The smallest absolute Gasteiger partial charge is 0.267 e. The summed E-state index contributed by atoms with van der Waals surface area (Å²) >= 11 is 0. The Morgan fingerprint density at radius 3 is 2.71 bits per heavy atom. The molecule has 0 fully saturated rings. The summed E-state index contributed by atoms with van der Waals surface area (Å²) in [6, 6.07) is 5.08. The SMILES string of the molecule is C#CCONC(=O)c1ccc(F)cc1. The quantitative estimate of drug-likeness (QED) is 0.444. The maximum atomic E-state index is 12.5. The highest BCUT2D eigenvalue weighted by molar-refractivity contribution is 5.93. The Morgan fingerprint density at radius 1 is 1.50 bits per heavy atom. The average molecular weight is 193 g/mol. The van der Waals surface area contributed by atoms with Crippen LogP contribution in [0.2, 0.25) is 0 Å². The molecule has 1 N–H and O–H groups in total. The normalized spacial score (nSPS) is 9.14. The second-order valence-electron chi connectivity index (χ2n) is 2.43. The lowest BCUT2D eigenvalue weighted by Gasteiger charge is -2.02. The second kappa shape index (κ2) is 5.00. The Bertz CT molecular complexity index is 353. The van der Waals surface area contributed by atoms with E-state index in [0.29, 0.717) is 5.56 Å². The number of benzene rings is 1. The predicted octanol–water partition coefficient (Wildman–Crippen LogP) is 1.12. The van der Waals surface area contributed by atoms with Crippen molar-refractivity contribution >= 4 is 5.91 Å². The van der Waals surface area contributed by atoms with Crippen LogP contribution < -0.4 is 5.48 Å². The van der Waals surface area contributed by atoms with Gasteiger partial charge in [0.05, 0.1) is 0 Å². The fourth-order valence-electron chi connectivity index (χ4n) is 0.803. The maximum Gasteiger partial charge on any atom is 0.274 e. The first-order chi connectivity index (χ1) is 6.74. The molecule has 0 unspecified atom stereocenters. The number of terminal acetylenes is 1. The van der Waals surface area contributed by atoms with Crippen molar-refractivity contribution in [2.75, 3.05) is 6.61 Å². The van der Waals surface area contributed by atoms with E-state index in [0.717, 1.165) is 0 Å². The van der Waals surface area contributed by atoms with Gasteiger partial charge in [0.25, 0.3) is 5.91 Å².